The van der Waals surface area contributed by atoms with Crippen molar-refractivity contribution in [3.8, 4) is 0 Å². The van der Waals surface area contributed by atoms with Crippen molar-refractivity contribution in [1.29, 1.82) is 0 Å². The fraction of sp³-hybridized carbons (Fsp3) is 0.786. The summed E-state index contributed by atoms with van der Waals surface area (Å²) in [5.41, 5.74) is 8.76. The minimum atomic E-state index is 0.0914. The second kappa shape index (κ2) is 5.21. The van der Waals surface area contributed by atoms with Gasteiger partial charge >= 0.3 is 0 Å². The summed E-state index contributed by atoms with van der Waals surface area (Å²) in [6.07, 6.45) is 4.11. The van der Waals surface area contributed by atoms with E-state index < -0.39 is 0 Å². The molecule has 0 fully saturated rings. The first-order chi connectivity index (χ1) is 7.70. The highest BCUT2D eigenvalue weighted by molar-refractivity contribution is 5.24. The van der Waals surface area contributed by atoms with Crippen LogP contribution in [0.1, 0.15) is 52.3 Å². The first-order valence-corrected chi connectivity index (χ1v) is 6.48. The second-order valence-electron chi connectivity index (χ2n) is 6.52. The third-order valence-corrected chi connectivity index (χ3v) is 2.87. The van der Waals surface area contributed by atoms with E-state index in [0.29, 0.717) is 5.92 Å². The van der Waals surface area contributed by atoms with E-state index >= 15 is 0 Å². The van der Waals surface area contributed by atoms with Crippen molar-refractivity contribution in [2.45, 2.75) is 58.9 Å². The van der Waals surface area contributed by atoms with Crippen molar-refractivity contribution in [1.82, 2.24) is 9.78 Å². The summed E-state index contributed by atoms with van der Waals surface area (Å²) in [6.45, 7) is 11.0. The Morgan fingerprint density at radius 3 is 2.41 bits per heavy atom. The average Bonchev–Trinajstić information content (AvgIpc) is 2.43. The van der Waals surface area contributed by atoms with Crippen LogP contribution in [0.25, 0.3) is 0 Å². The van der Waals surface area contributed by atoms with E-state index in [2.05, 4.69) is 45.9 Å². The normalized spacial score (nSPS) is 14.4. The molecule has 2 N–H and O–H groups in total. The van der Waals surface area contributed by atoms with E-state index in [1.54, 1.807) is 0 Å². The number of rotatable bonds is 4. The molecule has 1 atom stereocenters. The molecular formula is C14H27N3. The van der Waals surface area contributed by atoms with E-state index in [-0.39, 0.29) is 11.5 Å². The van der Waals surface area contributed by atoms with Crippen LogP contribution in [0, 0.1) is 5.92 Å². The number of hydrogen-bond acceptors (Lipinski definition) is 2. The molecule has 1 rings (SSSR count). The van der Waals surface area contributed by atoms with Crippen LogP contribution in [0.15, 0.2) is 6.20 Å². The van der Waals surface area contributed by atoms with E-state index in [0.717, 1.165) is 12.8 Å². The van der Waals surface area contributed by atoms with Gasteiger partial charge in [-0.2, -0.15) is 5.10 Å². The molecule has 0 aliphatic heterocycles. The summed E-state index contributed by atoms with van der Waals surface area (Å²) in [7, 11) is 1.98. The lowest BCUT2D eigenvalue weighted by Crippen LogP contribution is -2.26. The molecule has 3 heteroatoms. The number of nitrogens with zero attached hydrogens (tertiary/aromatic N) is 2. The number of hydrogen-bond donors (Lipinski definition) is 1. The predicted octanol–water partition coefficient (Wildman–Crippen LogP) is 2.63. The molecule has 0 radical (unpaired) electrons. The van der Waals surface area contributed by atoms with Gasteiger partial charge < -0.3 is 5.73 Å². The van der Waals surface area contributed by atoms with Crippen LogP contribution >= 0.6 is 0 Å². The number of nitrogens with two attached hydrogens (primary N) is 1. The van der Waals surface area contributed by atoms with Crippen LogP contribution in [-0.2, 0) is 18.9 Å². The van der Waals surface area contributed by atoms with Crippen molar-refractivity contribution in [3.63, 3.8) is 0 Å². The van der Waals surface area contributed by atoms with Crippen molar-refractivity contribution in [2.75, 3.05) is 0 Å². The SMILES string of the molecule is CC(C)CC(N)Cc1cn(C)nc1C(C)(C)C. The monoisotopic (exact) mass is 237 g/mol. The third-order valence-electron chi connectivity index (χ3n) is 2.87. The van der Waals surface area contributed by atoms with Gasteiger partial charge in [0.15, 0.2) is 0 Å². The number of aromatic nitrogens is 2. The van der Waals surface area contributed by atoms with Gasteiger partial charge in [0, 0.05) is 24.7 Å². The van der Waals surface area contributed by atoms with Gasteiger partial charge in [-0.15, -0.1) is 0 Å². The van der Waals surface area contributed by atoms with Gasteiger partial charge in [0.05, 0.1) is 5.69 Å². The molecule has 0 saturated carbocycles. The Hall–Kier alpha value is -0.830. The quantitative estimate of drug-likeness (QED) is 0.875. The molecule has 0 saturated heterocycles. The van der Waals surface area contributed by atoms with Crippen molar-refractivity contribution in [3.05, 3.63) is 17.5 Å². The average molecular weight is 237 g/mol. The van der Waals surface area contributed by atoms with Gasteiger partial charge in [0.2, 0.25) is 0 Å². The molecule has 0 aliphatic rings. The summed E-state index contributed by atoms with van der Waals surface area (Å²) in [5.74, 6) is 0.653. The molecule has 1 heterocycles. The van der Waals surface area contributed by atoms with E-state index in [9.17, 15) is 0 Å². The predicted molar refractivity (Wildman–Crippen MR) is 73.0 cm³/mol. The van der Waals surface area contributed by atoms with Crippen molar-refractivity contribution < 1.29 is 0 Å². The minimum absolute atomic E-state index is 0.0914. The Labute approximate surface area is 105 Å². The second-order valence-corrected chi connectivity index (χ2v) is 6.52. The van der Waals surface area contributed by atoms with Crippen LogP contribution in [0.3, 0.4) is 0 Å². The highest BCUT2D eigenvalue weighted by Crippen LogP contribution is 2.25. The van der Waals surface area contributed by atoms with E-state index in [1.807, 2.05) is 11.7 Å². The maximum absolute atomic E-state index is 6.19. The zero-order valence-corrected chi connectivity index (χ0v) is 12.1. The standard InChI is InChI=1S/C14H27N3/c1-10(2)7-12(15)8-11-9-17(6)16-13(11)14(3,4)5/h9-10,12H,7-8,15H2,1-6H3. The molecule has 0 amide bonds. The number of aryl methyl sites for hydroxylation is 1. The molecular weight excluding hydrogens is 210 g/mol. The van der Waals surface area contributed by atoms with Gasteiger partial charge in [0.1, 0.15) is 0 Å². The van der Waals surface area contributed by atoms with Gasteiger partial charge in [-0.1, -0.05) is 34.6 Å². The third kappa shape index (κ3) is 4.15. The lowest BCUT2D eigenvalue weighted by Gasteiger charge is -2.19. The molecule has 0 aliphatic carbocycles. The van der Waals surface area contributed by atoms with Crippen molar-refractivity contribution >= 4 is 0 Å². The van der Waals surface area contributed by atoms with Gasteiger partial charge in [-0.05, 0) is 24.3 Å². The van der Waals surface area contributed by atoms with Gasteiger partial charge in [0.25, 0.3) is 0 Å². The van der Waals surface area contributed by atoms with Gasteiger partial charge in [-0.3, -0.25) is 4.68 Å². The van der Waals surface area contributed by atoms with Crippen LogP contribution in [0.5, 0.6) is 0 Å². The molecule has 1 aromatic heterocycles. The van der Waals surface area contributed by atoms with Crippen LogP contribution in [-0.4, -0.2) is 15.8 Å². The molecule has 1 aromatic rings. The van der Waals surface area contributed by atoms with Crippen LogP contribution < -0.4 is 5.73 Å². The lowest BCUT2D eigenvalue weighted by molar-refractivity contribution is 0.486. The summed E-state index contributed by atoms with van der Waals surface area (Å²) >= 11 is 0. The molecule has 98 valence electrons. The molecule has 17 heavy (non-hydrogen) atoms. The summed E-state index contributed by atoms with van der Waals surface area (Å²) in [5, 5.41) is 4.58. The maximum atomic E-state index is 6.19. The molecule has 1 unspecified atom stereocenters. The maximum Gasteiger partial charge on any atom is 0.0710 e. The van der Waals surface area contributed by atoms with Crippen molar-refractivity contribution in [2.24, 2.45) is 18.7 Å². The van der Waals surface area contributed by atoms with Crippen LogP contribution in [0.2, 0.25) is 0 Å². The van der Waals surface area contributed by atoms with E-state index in [1.165, 1.54) is 11.3 Å². The Balaban J connectivity index is 2.84. The highest BCUT2D eigenvalue weighted by Gasteiger charge is 2.22. The molecule has 3 nitrogen and oxygen atoms in total. The largest absolute Gasteiger partial charge is 0.327 e. The Bertz CT molecular complexity index is 358. The first-order valence-electron chi connectivity index (χ1n) is 6.48. The first kappa shape index (κ1) is 14.2. The van der Waals surface area contributed by atoms with Crippen LogP contribution in [0.4, 0.5) is 0 Å². The lowest BCUT2D eigenvalue weighted by atomic mass is 9.87. The Morgan fingerprint density at radius 1 is 1.35 bits per heavy atom. The molecule has 0 bridgehead atoms. The highest BCUT2D eigenvalue weighted by atomic mass is 15.3. The minimum Gasteiger partial charge on any atom is -0.327 e. The zero-order valence-electron chi connectivity index (χ0n) is 12.1. The van der Waals surface area contributed by atoms with Gasteiger partial charge in [-0.25, -0.2) is 0 Å². The topological polar surface area (TPSA) is 43.8 Å². The fourth-order valence-corrected chi connectivity index (χ4v) is 2.29. The smallest absolute Gasteiger partial charge is 0.0710 e. The van der Waals surface area contributed by atoms with E-state index in [4.69, 9.17) is 5.73 Å². The fourth-order valence-electron chi connectivity index (χ4n) is 2.29. The molecule has 0 spiro atoms. The molecule has 0 aromatic carbocycles. The summed E-state index contributed by atoms with van der Waals surface area (Å²) in [4.78, 5) is 0. The summed E-state index contributed by atoms with van der Waals surface area (Å²) < 4.78 is 1.90. The Morgan fingerprint density at radius 2 is 1.94 bits per heavy atom. The summed E-state index contributed by atoms with van der Waals surface area (Å²) in [6, 6.07) is 0.236. The zero-order chi connectivity index (χ0) is 13.2. The Kier molecular flexibility index (Phi) is 4.36.